The second-order valence-corrected chi connectivity index (χ2v) is 8.51. The van der Waals surface area contributed by atoms with Gasteiger partial charge in [-0.3, -0.25) is 4.79 Å². The molecule has 6 nitrogen and oxygen atoms in total. The number of carbonyl (C=O) groups excluding carboxylic acids is 1. The summed E-state index contributed by atoms with van der Waals surface area (Å²) >= 11 is 3.26. The molecule has 0 saturated carbocycles. The van der Waals surface area contributed by atoms with Crippen LogP contribution >= 0.6 is 15.9 Å². The van der Waals surface area contributed by atoms with Gasteiger partial charge < -0.3 is 10.1 Å². The van der Waals surface area contributed by atoms with Gasteiger partial charge in [-0.2, -0.15) is 23.7 Å². The minimum Gasteiger partial charge on any atom is -0.489 e. The van der Waals surface area contributed by atoms with Crippen LogP contribution in [0.2, 0.25) is 0 Å². The van der Waals surface area contributed by atoms with E-state index in [1.165, 1.54) is 13.0 Å². The van der Waals surface area contributed by atoms with Gasteiger partial charge in [0, 0.05) is 10.5 Å². The molecule has 2 rings (SSSR count). The van der Waals surface area contributed by atoms with Gasteiger partial charge in [-0.25, -0.2) is 4.21 Å². The maximum atomic E-state index is 12.5. The van der Waals surface area contributed by atoms with Crippen molar-refractivity contribution in [2.24, 2.45) is 0 Å². The van der Waals surface area contributed by atoms with E-state index in [0.717, 1.165) is 24.3 Å². The molecule has 0 radical (unpaired) electrons. The number of hydrogen-bond donors (Lipinski definition) is 1. The number of hydrogen-bond acceptors (Lipinski definition) is 5. The predicted octanol–water partition coefficient (Wildman–Crippen LogP) is 4.04. The van der Waals surface area contributed by atoms with E-state index in [1.807, 2.05) is 12.1 Å². The highest BCUT2D eigenvalue weighted by Gasteiger charge is 2.38. The Bertz CT molecular complexity index is 1060. The summed E-state index contributed by atoms with van der Waals surface area (Å²) in [5.74, 6) is -0.430. The molecule has 0 spiro atoms. The number of carbonyl (C=O) groups is 1. The molecule has 30 heavy (non-hydrogen) atoms. The van der Waals surface area contributed by atoms with Gasteiger partial charge in [0.25, 0.3) is 5.91 Å². The Hall–Kier alpha value is -2.89. The minimum atomic E-state index is -4.91. The van der Waals surface area contributed by atoms with Crippen molar-refractivity contribution in [3.8, 4) is 17.9 Å². The normalized spacial score (nSPS) is 14.0. The van der Waals surface area contributed by atoms with Gasteiger partial charge in [0.1, 0.15) is 12.4 Å². The lowest BCUT2D eigenvalue weighted by Crippen LogP contribution is -2.49. The number of nitriles is 2. The first-order valence-corrected chi connectivity index (χ1v) is 10.1. The Balaban J connectivity index is 2.11. The standard InChI is InChI=1S/C19H13BrF3N3O3S/c1-18(10-25,11-29-16-8-12(9-24)2-7-15(16)20)26-17(27)13-3-5-14(6-4-13)30(28)19(21,22)23/h2-8H,11H2,1H3,(H,26,27). The number of rotatable bonds is 6. The van der Waals surface area contributed by atoms with Gasteiger partial charge in [-0.15, -0.1) is 0 Å². The third-order valence-electron chi connectivity index (χ3n) is 3.75. The zero-order chi connectivity index (χ0) is 22.5. The summed E-state index contributed by atoms with van der Waals surface area (Å²) in [4.78, 5) is 11.9. The molecule has 1 amide bonds. The largest absolute Gasteiger partial charge is 0.489 e. The molecular formula is C19H13BrF3N3O3S. The summed E-state index contributed by atoms with van der Waals surface area (Å²) in [6, 6.07) is 12.5. The van der Waals surface area contributed by atoms with Crippen molar-refractivity contribution in [3.63, 3.8) is 0 Å². The highest BCUT2D eigenvalue weighted by molar-refractivity contribution is 9.10. The van der Waals surface area contributed by atoms with Gasteiger partial charge in [0.15, 0.2) is 16.3 Å². The lowest BCUT2D eigenvalue weighted by Gasteiger charge is -2.24. The average molecular weight is 500 g/mol. The van der Waals surface area contributed by atoms with Crippen LogP contribution in [0.25, 0.3) is 0 Å². The smallest absolute Gasteiger partial charge is 0.475 e. The van der Waals surface area contributed by atoms with Gasteiger partial charge >= 0.3 is 5.51 Å². The Morgan fingerprint density at radius 3 is 2.37 bits per heavy atom. The fraction of sp³-hybridized carbons (Fsp3) is 0.211. The molecule has 2 aromatic carbocycles. The van der Waals surface area contributed by atoms with Crippen molar-refractivity contribution in [1.82, 2.24) is 5.32 Å². The zero-order valence-corrected chi connectivity index (χ0v) is 17.7. The monoisotopic (exact) mass is 499 g/mol. The molecule has 2 atom stereocenters. The topological polar surface area (TPSA) is 103 Å². The molecule has 0 saturated heterocycles. The van der Waals surface area contributed by atoms with E-state index >= 15 is 0 Å². The minimum absolute atomic E-state index is 0.0212. The van der Waals surface area contributed by atoms with Crippen LogP contribution in [-0.4, -0.2) is 27.8 Å². The quantitative estimate of drug-likeness (QED) is 0.645. The molecule has 0 heterocycles. The van der Waals surface area contributed by atoms with Crippen molar-refractivity contribution in [3.05, 3.63) is 58.1 Å². The van der Waals surface area contributed by atoms with E-state index < -0.39 is 32.6 Å². The zero-order valence-electron chi connectivity index (χ0n) is 15.3. The summed E-state index contributed by atoms with van der Waals surface area (Å²) in [7, 11) is -3.20. The van der Waals surface area contributed by atoms with E-state index in [4.69, 9.17) is 10.00 Å². The molecule has 1 N–H and O–H groups in total. The molecule has 0 aromatic heterocycles. The number of nitrogens with zero attached hydrogens (tertiary/aromatic N) is 2. The number of nitrogens with one attached hydrogen (secondary N) is 1. The molecule has 156 valence electrons. The Kier molecular flexibility index (Phi) is 7.24. The molecule has 0 bridgehead atoms. The van der Waals surface area contributed by atoms with Crippen LogP contribution < -0.4 is 10.1 Å². The summed E-state index contributed by atoms with van der Waals surface area (Å²) in [6.07, 6.45) is 0. The van der Waals surface area contributed by atoms with Gasteiger partial charge in [0.2, 0.25) is 0 Å². The van der Waals surface area contributed by atoms with Crippen LogP contribution in [0.5, 0.6) is 5.75 Å². The van der Waals surface area contributed by atoms with E-state index in [9.17, 15) is 27.4 Å². The van der Waals surface area contributed by atoms with Gasteiger partial charge in [-0.05, 0) is 65.3 Å². The highest BCUT2D eigenvalue weighted by Crippen LogP contribution is 2.27. The second kappa shape index (κ2) is 9.28. The van der Waals surface area contributed by atoms with Gasteiger partial charge in [-0.1, -0.05) is 0 Å². The molecule has 0 fully saturated rings. The maximum absolute atomic E-state index is 12.5. The molecule has 11 heteroatoms. The van der Waals surface area contributed by atoms with Crippen molar-refractivity contribution >= 4 is 32.6 Å². The van der Waals surface area contributed by atoms with Crippen LogP contribution in [0, 0.1) is 22.7 Å². The third-order valence-corrected chi connectivity index (χ3v) is 5.53. The highest BCUT2D eigenvalue weighted by atomic mass is 79.9. The van der Waals surface area contributed by atoms with Crippen LogP contribution in [0.15, 0.2) is 51.8 Å². The maximum Gasteiger partial charge on any atom is 0.475 e. The third kappa shape index (κ3) is 5.81. The SMILES string of the molecule is CC(C#N)(COc1cc(C#N)ccc1Br)NC(=O)c1ccc(S(=O)C(F)(F)F)cc1. The summed E-state index contributed by atoms with van der Waals surface area (Å²) < 4.78 is 55.0. The van der Waals surface area contributed by atoms with Crippen LogP contribution in [0.4, 0.5) is 13.2 Å². The van der Waals surface area contributed by atoms with E-state index in [1.54, 1.807) is 12.1 Å². The second-order valence-electron chi connectivity index (χ2n) is 6.18. The fourth-order valence-electron chi connectivity index (χ4n) is 2.19. The number of benzene rings is 2. The van der Waals surface area contributed by atoms with Crippen LogP contribution in [-0.2, 0) is 10.8 Å². The molecule has 0 aliphatic rings. The van der Waals surface area contributed by atoms with E-state index in [-0.39, 0.29) is 12.2 Å². The average Bonchev–Trinajstić information content (AvgIpc) is 2.72. The van der Waals surface area contributed by atoms with Crippen molar-refractivity contribution < 1.29 is 26.9 Å². The number of halogens is 4. The first-order chi connectivity index (χ1) is 14.0. The molecule has 2 unspecified atom stereocenters. The Labute approximate surface area is 180 Å². The predicted molar refractivity (Wildman–Crippen MR) is 105 cm³/mol. The summed E-state index contributed by atoms with van der Waals surface area (Å²) in [5, 5.41) is 20.9. The Morgan fingerprint density at radius 2 is 1.83 bits per heavy atom. The van der Waals surface area contributed by atoms with Crippen molar-refractivity contribution in [1.29, 1.82) is 10.5 Å². The van der Waals surface area contributed by atoms with Crippen LogP contribution in [0.3, 0.4) is 0 Å². The first-order valence-electron chi connectivity index (χ1n) is 8.14. The number of alkyl halides is 3. The molecule has 0 aliphatic carbocycles. The Morgan fingerprint density at radius 1 is 1.20 bits per heavy atom. The van der Waals surface area contributed by atoms with E-state index in [0.29, 0.717) is 15.8 Å². The first kappa shape index (κ1) is 23.4. The lowest BCUT2D eigenvalue weighted by molar-refractivity contribution is -0.0384. The molecular weight excluding hydrogens is 487 g/mol. The van der Waals surface area contributed by atoms with E-state index in [2.05, 4.69) is 21.2 Å². The fourth-order valence-corrected chi connectivity index (χ4v) is 3.20. The number of amides is 1. The van der Waals surface area contributed by atoms with Crippen molar-refractivity contribution in [2.45, 2.75) is 22.9 Å². The lowest BCUT2D eigenvalue weighted by atomic mass is 10.1. The summed E-state index contributed by atoms with van der Waals surface area (Å²) in [5.41, 5.74) is -6.07. The summed E-state index contributed by atoms with van der Waals surface area (Å²) in [6.45, 7) is 1.14. The number of ether oxygens (including phenoxy) is 1. The molecule has 0 aliphatic heterocycles. The van der Waals surface area contributed by atoms with Crippen molar-refractivity contribution in [2.75, 3.05) is 6.61 Å². The van der Waals surface area contributed by atoms with Crippen LogP contribution in [0.1, 0.15) is 22.8 Å². The van der Waals surface area contributed by atoms with Gasteiger partial charge in [0.05, 0.1) is 22.2 Å². The molecule has 2 aromatic rings.